The maximum atomic E-state index is 12.0. The minimum atomic E-state index is -1.48. The predicted octanol–water partition coefficient (Wildman–Crippen LogP) is 2.94. The van der Waals surface area contributed by atoms with Gasteiger partial charge in [-0.2, -0.15) is 0 Å². The number of carbonyl (C=O) groups excluding carboxylic acids is 1. The summed E-state index contributed by atoms with van der Waals surface area (Å²) in [4.78, 5) is 12.0. The van der Waals surface area contributed by atoms with Crippen LogP contribution in [0, 0.1) is 0 Å². The zero-order valence-corrected chi connectivity index (χ0v) is 19.3. The van der Waals surface area contributed by atoms with Crippen LogP contribution >= 0.6 is 0 Å². The Labute approximate surface area is 187 Å². The Hall–Kier alpha value is -0.990. The van der Waals surface area contributed by atoms with Gasteiger partial charge in [0.1, 0.15) is 24.4 Å². The Morgan fingerprint density at radius 2 is 1.35 bits per heavy atom. The summed E-state index contributed by atoms with van der Waals surface area (Å²) in [5.74, 6) is -0.289. The first-order chi connectivity index (χ1) is 15.0. The molecule has 0 aromatic carbocycles. The van der Waals surface area contributed by atoms with Gasteiger partial charge in [0.2, 0.25) is 5.91 Å². The van der Waals surface area contributed by atoms with Crippen molar-refractivity contribution in [2.75, 3.05) is 6.61 Å². The third-order valence-electron chi connectivity index (χ3n) is 5.86. The molecule has 5 N–H and O–H groups in total. The van der Waals surface area contributed by atoms with Crippen molar-refractivity contribution in [3.8, 4) is 0 Å². The van der Waals surface area contributed by atoms with Gasteiger partial charge in [-0.25, -0.2) is 0 Å². The molecule has 0 aromatic rings. The Bertz CT molecular complexity index is 485. The third-order valence-corrected chi connectivity index (χ3v) is 5.86. The van der Waals surface area contributed by atoms with Gasteiger partial charge < -0.3 is 30.5 Å². The molecule has 0 unspecified atom stereocenters. The lowest BCUT2D eigenvalue weighted by molar-refractivity contribution is -0.236. The van der Waals surface area contributed by atoms with Crippen molar-refractivity contribution in [3.05, 3.63) is 12.2 Å². The molecule has 0 saturated carbocycles. The van der Waals surface area contributed by atoms with Crippen molar-refractivity contribution >= 4 is 5.91 Å². The monoisotopic (exact) mass is 443 g/mol. The van der Waals surface area contributed by atoms with Crippen molar-refractivity contribution in [1.82, 2.24) is 5.32 Å². The van der Waals surface area contributed by atoms with Gasteiger partial charge in [0.25, 0.3) is 0 Å². The molecule has 0 bridgehead atoms. The molecule has 31 heavy (non-hydrogen) atoms. The van der Waals surface area contributed by atoms with Gasteiger partial charge in [-0.3, -0.25) is 4.79 Å². The summed E-state index contributed by atoms with van der Waals surface area (Å²) in [5.41, 5.74) is 0. The average molecular weight is 444 g/mol. The lowest BCUT2D eigenvalue weighted by atomic mass is 9.98. The largest absolute Gasteiger partial charge is 0.394 e. The van der Waals surface area contributed by atoms with E-state index in [2.05, 4.69) is 24.4 Å². The normalized spacial score (nSPS) is 26.4. The van der Waals surface area contributed by atoms with Crippen molar-refractivity contribution in [2.24, 2.45) is 0 Å². The van der Waals surface area contributed by atoms with Gasteiger partial charge in [0, 0.05) is 6.42 Å². The zero-order chi connectivity index (χ0) is 22.9. The minimum absolute atomic E-state index is 0.289. The number of carbonyl (C=O) groups is 1. The zero-order valence-electron chi connectivity index (χ0n) is 19.3. The fraction of sp³-hybridized carbons (Fsp3) is 0.875. The summed E-state index contributed by atoms with van der Waals surface area (Å²) in [6, 6.07) is 0. The van der Waals surface area contributed by atoms with Crippen LogP contribution in [0.15, 0.2) is 12.2 Å². The first-order valence-electron chi connectivity index (χ1n) is 12.3. The molecule has 0 aliphatic carbocycles. The number of hydrogen-bond donors (Lipinski definition) is 5. The number of aliphatic hydroxyl groups excluding tert-OH is 4. The van der Waals surface area contributed by atoms with E-state index in [9.17, 15) is 25.2 Å². The summed E-state index contributed by atoms with van der Waals surface area (Å²) >= 11 is 0. The molecule has 0 radical (unpaired) electrons. The highest BCUT2D eigenvalue weighted by Gasteiger charge is 2.43. The second kappa shape index (κ2) is 17.6. The molecule has 0 aromatic heterocycles. The molecule has 182 valence electrons. The molecule has 1 aliphatic rings. The van der Waals surface area contributed by atoms with Crippen LogP contribution in [0.5, 0.6) is 0 Å². The Balaban J connectivity index is 2.00. The second-order valence-corrected chi connectivity index (χ2v) is 8.65. The number of amides is 1. The first kappa shape index (κ1) is 28.0. The number of unbranched alkanes of at least 4 members (excludes halogenated alkanes) is 11. The highest BCUT2D eigenvalue weighted by Crippen LogP contribution is 2.20. The van der Waals surface area contributed by atoms with Crippen LogP contribution in [0.2, 0.25) is 0 Å². The van der Waals surface area contributed by atoms with E-state index in [1.54, 1.807) is 0 Å². The van der Waals surface area contributed by atoms with E-state index >= 15 is 0 Å². The summed E-state index contributed by atoms with van der Waals surface area (Å²) in [6.45, 7) is 1.74. The third kappa shape index (κ3) is 12.0. The summed E-state index contributed by atoms with van der Waals surface area (Å²) < 4.78 is 5.28. The van der Waals surface area contributed by atoms with E-state index in [4.69, 9.17) is 4.74 Å². The Morgan fingerprint density at radius 1 is 0.806 bits per heavy atom. The molecule has 5 atom stereocenters. The molecule has 7 nitrogen and oxygen atoms in total. The maximum absolute atomic E-state index is 12.0. The topological polar surface area (TPSA) is 119 Å². The number of ether oxygens (including phenoxy) is 1. The molecule has 1 saturated heterocycles. The highest BCUT2D eigenvalue weighted by molar-refractivity contribution is 5.76. The van der Waals surface area contributed by atoms with Crippen LogP contribution in [0.1, 0.15) is 96.8 Å². The number of allylic oxidation sites excluding steroid dienone is 2. The predicted molar refractivity (Wildman–Crippen MR) is 121 cm³/mol. The fourth-order valence-corrected chi connectivity index (χ4v) is 3.81. The van der Waals surface area contributed by atoms with Crippen LogP contribution in [0.25, 0.3) is 0 Å². The molecule has 1 aliphatic heterocycles. The molecule has 0 spiro atoms. The van der Waals surface area contributed by atoms with Crippen LogP contribution in [0.3, 0.4) is 0 Å². The maximum Gasteiger partial charge on any atom is 0.222 e. The first-order valence-corrected chi connectivity index (χ1v) is 12.3. The molecule has 1 fully saturated rings. The van der Waals surface area contributed by atoms with Crippen molar-refractivity contribution in [1.29, 1.82) is 0 Å². The van der Waals surface area contributed by atoms with E-state index < -0.39 is 37.3 Å². The molecule has 1 amide bonds. The Morgan fingerprint density at radius 3 is 1.94 bits per heavy atom. The minimum Gasteiger partial charge on any atom is -0.394 e. The van der Waals surface area contributed by atoms with Crippen molar-refractivity contribution < 1.29 is 30.0 Å². The van der Waals surface area contributed by atoms with Crippen LogP contribution in [-0.2, 0) is 9.53 Å². The number of aliphatic hydroxyl groups is 4. The van der Waals surface area contributed by atoms with E-state index in [-0.39, 0.29) is 5.91 Å². The number of hydrogen-bond acceptors (Lipinski definition) is 6. The number of rotatable bonds is 17. The molecular formula is C24H45NO6. The molecular weight excluding hydrogens is 398 g/mol. The highest BCUT2D eigenvalue weighted by atomic mass is 16.6. The van der Waals surface area contributed by atoms with Crippen LogP contribution in [-0.4, -0.2) is 63.6 Å². The quantitative estimate of drug-likeness (QED) is 0.174. The summed E-state index contributed by atoms with van der Waals surface area (Å²) in [6.07, 6.45) is 13.9. The van der Waals surface area contributed by atoms with E-state index in [1.807, 2.05) is 0 Å². The lowest BCUT2D eigenvalue weighted by Crippen LogP contribution is -2.63. The Kier molecular flexibility index (Phi) is 15.9. The smallest absolute Gasteiger partial charge is 0.222 e. The standard InChI is InChI=1S/C24H45NO6/c1-2-3-4-5-6-7-8-9-10-11-12-13-14-15-16-17-20(27)25-24-23(30)22(29)21(28)19(18-26)31-24/h12-13,19,21-24,26,28-30H,2-11,14-18H2,1H3,(H,25,27)/b13-12-/t19-,21-,22+,23-,24-/m1/s1. The molecule has 7 heteroatoms. The van der Waals surface area contributed by atoms with Gasteiger partial charge in [0.15, 0.2) is 6.23 Å². The van der Waals surface area contributed by atoms with Crippen LogP contribution < -0.4 is 5.32 Å². The van der Waals surface area contributed by atoms with Crippen molar-refractivity contribution in [3.63, 3.8) is 0 Å². The molecule has 1 rings (SSSR count). The lowest BCUT2D eigenvalue weighted by Gasteiger charge is -2.40. The SMILES string of the molecule is CCCCCCCCCCC/C=C\CCCCC(=O)N[C@@H]1O[C@H](CO)[C@@H](O)[C@H](O)[C@H]1O. The second-order valence-electron chi connectivity index (χ2n) is 8.65. The van der Waals surface area contributed by atoms with Crippen molar-refractivity contribution in [2.45, 2.75) is 127 Å². The van der Waals surface area contributed by atoms with Crippen LogP contribution in [0.4, 0.5) is 0 Å². The van der Waals surface area contributed by atoms with E-state index in [0.717, 1.165) is 19.3 Å². The summed E-state index contributed by atoms with van der Waals surface area (Å²) in [7, 11) is 0. The van der Waals surface area contributed by atoms with Gasteiger partial charge >= 0.3 is 0 Å². The molecule has 1 heterocycles. The van der Waals surface area contributed by atoms with Gasteiger partial charge in [-0.05, 0) is 32.1 Å². The van der Waals surface area contributed by atoms with Gasteiger partial charge in [-0.1, -0.05) is 70.4 Å². The fourth-order valence-electron chi connectivity index (χ4n) is 3.81. The van der Waals surface area contributed by atoms with E-state index in [0.29, 0.717) is 12.8 Å². The summed E-state index contributed by atoms with van der Waals surface area (Å²) in [5, 5.41) is 41.1. The number of nitrogens with one attached hydrogen (secondary N) is 1. The van der Waals surface area contributed by atoms with Gasteiger partial charge in [-0.15, -0.1) is 0 Å². The van der Waals surface area contributed by atoms with E-state index in [1.165, 1.54) is 57.8 Å². The van der Waals surface area contributed by atoms with Gasteiger partial charge in [0.05, 0.1) is 6.61 Å². The average Bonchev–Trinajstić information content (AvgIpc) is 2.76.